The third-order valence-electron chi connectivity index (χ3n) is 2.46. The number of aromatic hydroxyl groups is 1. The fourth-order valence-corrected chi connectivity index (χ4v) is 2.23. The average Bonchev–Trinajstić information content (AvgIpc) is 2.81. The van der Waals surface area contributed by atoms with Crippen molar-refractivity contribution >= 4 is 17.0 Å². The van der Waals surface area contributed by atoms with Gasteiger partial charge >= 0.3 is 0 Å². The highest BCUT2D eigenvalue weighted by atomic mass is 32.1. The number of nitrogens with zero attached hydrogens (tertiary/aromatic N) is 1. The van der Waals surface area contributed by atoms with Crippen molar-refractivity contribution in [1.82, 2.24) is 0 Å². The van der Waals surface area contributed by atoms with Crippen LogP contribution in [0.4, 0.5) is 5.69 Å². The van der Waals surface area contributed by atoms with Crippen molar-refractivity contribution in [3.8, 4) is 5.75 Å². The summed E-state index contributed by atoms with van der Waals surface area (Å²) in [6, 6.07) is 5.12. The number of hydrogen-bond donors (Lipinski definition) is 2. The Morgan fingerprint density at radius 3 is 2.76 bits per heavy atom. The van der Waals surface area contributed by atoms with Gasteiger partial charge in [-0.1, -0.05) is 0 Å². The van der Waals surface area contributed by atoms with Crippen molar-refractivity contribution in [3.05, 3.63) is 56.3 Å². The predicted molar refractivity (Wildman–Crippen MR) is 65.1 cm³/mol. The SMILES string of the molecule is N[C@H](c1ccsc1)c1cc([N+](=O)[O-])ccc1O. The van der Waals surface area contributed by atoms with Crippen LogP contribution >= 0.6 is 11.3 Å². The van der Waals surface area contributed by atoms with Crippen LogP contribution in [0.3, 0.4) is 0 Å². The van der Waals surface area contributed by atoms with E-state index in [-0.39, 0.29) is 11.4 Å². The van der Waals surface area contributed by atoms with Gasteiger partial charge in [-0.15, -0.1) is 0 Å². The van der Waals surface area contributed by atoms with E-state index < -0.39 is 11.0 Å². The number of nitrogens with two attached hydrogens (primary N) is 1. The summed E-state index contributed by atoms with van der Waals surface area (Å²) in [7, 11) is 0. The van der Waals surface area contributed by atoms with Crippen molar-refractivity contribution in [2.45, 2.75) is 6.04 Å². The largest absolute Gasteiger partial charge is 0.508 e. The van der Waals surface area contributed by atoms with Crippen molar-refractivity contribution in [2.24, 2.45) is 5.73 Å². The minimum Gasteiger partial charge on any atom is -0.508 e. The molecular weight excluding hydrogens is 240 g/mol. The Kier molecular flexibility index (Phi) is 3.08. The molecule has 0 aliphatic carbocycles. The number of thiophene rings is 1. The van der Waals surface area contributed by atoms with Crippen LogP contribution in [0.1, 0.15) is 17.2 Å². The van der Waals surface area contributed by atoms with E-state index in [0.717, 1.165) is 5.56 Å². The number of nitro benzene ring substituents is 1. The van der Waals surface area contributed by atoms with Crippen LogP contribution in [-0.4, -0.2) is 10.0 Å². The first kappa shape index (κ1) is 11.6. The molecule has 0 aliphatic rings. The molecule has 1 aromatic heterocycles. The third kappa shape index (κ3) is 2.27. The summed E-state index contributed by atoms with van der Waals surface area (Å²) in [6.07, 6.45) is 0. The van der Waals surface area contributed by atoms with Crippen LogP contribution in [0.25, 0.3) is 0 Å². The Bertz CT molecular complexity index is 540. The van der Waals surface area contributed by atoms with E-state index in [0.29, 0.717) is 5.56 Å². The van der Waals surface area contributed by atoms with E-state index in [9.17, 15) is 15.2 Å². The summed E-state index contributed by atoms with van der Waals surface area (Å²) in [4.78, 5) is 10.1. The Hall–Kier alpha value is -1.92. The van der Waals surface area contributed by atoms with Crippen LogP contribution in [-0.2, 0) is 0 Å². The fraction of sp³-hybridized carbons (Fsp3) is 0.0909. The molecule has 0 saturated carbocycles. The van der Waals surface area contributed by atoms with Gasteiger partial charge in [0, 0.05) is 17.7 Å². The van der Waals surface area contributed by atoms with E-state index in [1.54, 1.807) is 0 Å². The van der Waals surface area contributed by atoms with E-state index in [1.165, 1.54) is 29.5 Å². The highest BCUT2D eigenvalue weighted by Crippen LogP contribution is 2.31. The number of rotatable bonds is 3. The number of phenolic OH excluding ortho intramolecular Hbond substituents is 1. The molecule has 1 heterocycles. The number of hydrogen-bond acceptors (Lipinski definition) is 5. The zero-order valence-electron chi connectivity index (χ0n) is 8.74. The molecule has 0 aliphatic heterocycles. The smallest absolute Gasteiger partial charge is 0.270 e. The van der Waals surface area contributed by atoms with Crippen LogP contribution in [0.2, 0.25) is 0 Å². The van der Waals surface area contributed by atoms with Gasteiger partial charge in [-0.3, -0.25) is 10.1 Å². The second kappa shape index (κ2) is 4.52. The Morgan fingerprint density at radius 1 is 1.41 bits per heavy atom. The van der Waals surface area contributed by atoms with Gasteiger partial charge in [-0.25, -0.2) is 0 Å². The third-order valence-corrected chi connectivity index (χ3v) is 3.16. The summed E-state index contributed by atoms with van der Waals surface area (Å²) >= 11 is 1.48. The predicted octanol–water partition coefficient (Wildman–Crippen LogP) is 2.41. The van der Waals surface area contributed by atoms with E-state index >= 15 is 0 Å². The summed E-state index contributed by atoms with van der Waals surface area (Å²) in [5, 5.41) is 24.1. The molecule has 1 atom stereocenters. The lowest BCUT2D eigenvalue weighted by atomic mass is 10.0. The Balaban J connectivity index is 2.44. The molecule has 3 N–H and O–H groups in total. The van der Waals surface area contributed by atoms with Gasteiger partial charge in [0.1, 0.15) is 5.75 Å². The van der Waals surface area contributed by atoms with Gasteiger partial charge < -0.3 is 10.8 Å². The van der Waals surface area contributed by atoms with Gasteiger partial charge in [-0.05, 0) is 28.5 Å². The number of benzene rings is 1. The molecule has 0 radical (unpaired) electrons. The van der Waals surface area contributed by atoms with E-state index in [2.05, 4.69) is 0 Å². The second-order valence-electron chi connectivity index (χ2n) is 3.53. The molecule has 0 amide bonds. The molecule has 88 valence electrons. The Labute approximate surface area is 101 Å². The van der Waals surface area contributed by atoms with Gasteiger partial charge in [0.05, 0.1) is 11.0 Å². The van der Waals surface area contributed by atoms with Crippen molar-refractivity contribution < 1.29 is 10.0 Å². The van der Waals surface area contributed by atoms with Crippen LogP contribution < -0.4 is 5.73 Å². The zero-order valence-corrected chi connectivity index (χ0v) is 9.55. The van der Waals surface area contributed by atoms with Gasteiger partial charge in [0.2, 0.25) is 0 Å². The molecule has 0 saturated heterocycles. The fourth-order valence-electron chi connectivity index (χ4n) is 1.54. The van der Waals surface area contributed by atoms with Gasteiger partial charge in [0.25, 0.3) is 5.69 Å². The van der Waals surface area contributed by atoms with Crippen LogP contribution in [0.15, 0.2) is 35.0 Å². The molecule has 5 nitrogen and oxygen atoms in total. The molecule has 0 spiro atoms. The molecule has 0 bridgehead atoms. The molecule has 1 aromatic carbocycles. The normalized spacial score (nSPS) is 12.3. The maximum Gasteiger partial charge on any atom is 0.270 e. The number of non-ortho nitro benzene ring substituents is 1. The molecular formula is C11H10N2O3S. The molecule has 0 fully saturated rings. The summed E-state index contributed by atoms with van der Waals surface area (Å²) in [5.41, 5.74) is 7.06. The summed E-state index contributed by atoms with van der Waals surface area (Å²) in [5.74, 6) is -0.0331. The summed E-state index contributed by atoms with van der Waals surface area (Å²) in [6.45, 7) is 0. The van der Waals surface area contributed by atoms with Crippen molar-refractivity contribution in [2.75, 3.05) is 0 Å². The monoisotopic (exact) mass is 250 g/mol. The van der Waals surface area contributed by atoms with Crippen LogP contribution in [0.5, 0.6) is 5.75 Å². The molecule has 0 unspecified atom stereocenters. The van der Waals surface area contributed by atoms with Gasteiger partial charge in [-0.2, -0.15) is 11.3 Å². The minimum absolute atomic E-state index is 0.0331. The average molecular weight is 250 g/mol. The topological polar surface area (TPSA) is 89.4 Å². The van der Waals surface area contributed by atoms with Crippen molar-refractivity contribution in [1.29, 1.82) is 0 Å². The maximum absolute atomic E-state index is 10.7. The first-order valence-corrected chi connectivity index (χ1v) is 5.79. The summed E-state index contributed by atoms with van der Waals surface area (Å²) < 4.78 is 0. The lowest BCUT2D eigenvalue weighted by molar-refractivity contribution is -0.384. The highest BCUT2D eigenvalue weighted by Gasteiger charge is 2.17. The maximum atomic E-state index is 10.7. The first-order valence-electron chi connectivity index (χ1n) is 4.84. The zero-order chi connectivity index (χ0) is 12.4. The number of phenols is 1. The second-order valence-corrected chi connectivity index (χ2v) is 4.31. The minimum atomic E-state index is -0.554. The van der Waals surface area contributed by atoms with E-state index in [1.807, 2.05) is 16.8 Å². The highest BCUT2D eigenvalue weighted by molar-refractivity contribution is 7.08. The quantitative estimate of drug-likeness (QED) is 0.646. The lowest BCUT2D eigenvalue weighted by Gasteiger charge is -2.11. The van der Waals surface area contributed by atoms with Crippen molar-refractivity contribution in [3.63, 3.8) is 0 Å². The van der Waals surface area contributed by atoms with E-state index in [4.69, 9.17) is 5.73 Å². The Morgan fingerprint density at radius 2 is 2.18 bits per heavy atom. The standard InChI is InChI=1S/C11H10N2O3S/c12-11(7-3-4-17-6-7)9-5-8(13(15)16)1-2-10(9)14/h1-6,11,14H,12H2/t11-/m1/s1. The number of nitro groups is 1. The van der Waals surface area contributed by atoms with Crippen LogP contribution in [0, 0.1) is 10.1 Å². The molecule has 2 aromatic rings. The molecule has 2 rings (SSSR count). The molecule has 17 heavy (non-hydrogen) atoms. The van der Waals surface area contributed by atoms with Gasteiger partial charge in [0.15, 0.2) is 0 Å². The first-order chi connectivity index (χ1) is 8.09. The molecule has 6 heteroatoms. The lowest BCUT2D eigenvalue weighted by Crippen LogP contribution is -2.11.